The Labute approximate surface area is 96.0 Å². The normalized spacial score (nSPS) is 14.2. The van der Waals surface area contributed by atoms with Gasteiger partial charge in [-0.25, -0.2) is 9.36 Å². The van der Waals surface area contributed by atoms with Crippen LogP contribution in [0.2, 0.25) is 5.02 Å². The first-order valence-electron chi connectivity index (χ1n) is 3.96. The van der Waals surface area contributed by atoms with Crippen LogP contribution in [0, 0.1) is 0 Å². The quantitative estimate of drug-likeness (QED) is 0.811. The van der Waals surface area contributed by atoms with Gasteiger partial charge in [0.05, 0.1) is 10.6 Å². The lowest BCUT2D eigenvalue weighted by Crippen LogP contribution is -1.98. The lowest BCUT2D eigenvalue weighted by molar-refractivity contribution is 0.0697. The SMILES string of the molecule is COP(=O)(O)Oc1ccc(C(=O)O)cc1Cl. The van der Waals surface area contributed by atoms with Gasteiger partial charge in [-0.3, -0.25) is 9.42 Å². The maximum atomic E-state index is 11.1. The van der Waals surface area contributed by atoms with Gasteiger partial charge in [0.25, 0.3) is 0 Å². The van der Waals surface area contributed by atoms with Crippen LogP contribution in [-0.2, 0) is 9.09 Å². The summed E-state index contributed by atoms with van der Waals surface area (Å²) in [4.78, 5) is 19.6. The molecule has 6 nitrogen and oxygen atoms in total. The summed E-state index contributed by atoms with van der Waals surface area (Å²) in [5.74, 6) is -1.29. The van der Waals surface area contributed by atoms with Gasteiger partial charge in [-0.2, -0.15) is 0 Å². The molecule has 0 amide bonds. The zero-order valence-corrected chi connectivity index (χ0v) is 9.74. The molecule has 0 aliphatic heterocycles. The summed E-state index contributed by atoms with van der Waals surface area (Å²) >= 11 is 5.66. The van der Waals surface area contributed by atoms with Crippen LogP contribution in [0.4, 0.5) is 0 Å². The lowest BCUT2D eigenvalue weighted by Gasteiger charge is -2.11. The monoisotopic (exact) mass is 266 g/mol. The molecule has 1 aromatic rings. The van der Waals surface area contributed by atoms with Crippen LogP contribution in [0.15, 0.2) is 18.2 Å². The van der Waals surface area contributed by atoms with Gasteiger partial charge in [0.2, 0.25) is 0 Å². The van der Waals surface area contributed by atoms with Gasteiger partial charge in [-0.05, 0) is 18.2 Å². The Hall–Kier alpha value is -1.07. The fourth-order valence-corrected chi connectivity index (χ4v) is 1.62. The van der Waals surface area contributed by atoms with Crippen LogP contribution in [0.25, 0.3) is 0 Å². The molecule has 8 heteroatoms. The summed E-state index contributed by atoms with van der Waals surface area (Å²) in [6.45, 7) is 0. The molecule has 0 radical (unpaired) electrons. The third-order valence-corrected chi connectivity index (χ3v) is 2.81. The first-order valence-corrected chi connectivity index (χ1v) is 5.84. The van der Waals surface area contributed by atoms with E-state index in [0.717, 1.165) is 13.2 Å². The highest BCUT2D eigenvalue weighted by molar-refractivity contribution is 7.47. The summed E-state index contributed by atoms with van der Waals surface area (Å²) in [5.41, 5.74) is -0.0532. The van der Waals surface area contributed by atoms with Crippen molar-refractivity contribution in [1.29, 1.82) is 0 Å². The molecule has 0 fully saturated rings. The molecule has 0 aliphatic rings. The van der Waals surface area contributed by atoms with Crippen molar-refractivity contribution in [2.24, 2.45) is 0 Å². The van der Waals surface area contributed by atoms with E-state index in [1.54, 1.807) is 0 Å². The first-order chi connectivity index (χ1) is 7.35. The Bertz CT molecular complexity index is 460. The second-order valence-electron chi connectivity index (χ2n) is 2.69. The van der Waals surface area contributed by atoms with Crippen molar-refractivity contribution in [2.45, 2.75) is 0 Å². The van der Waals surface area contributed by atoms with E-state index in [4.69, 9.17) is 21.6 Å². The number of carboxylic acids is 1. The number of benzene rings is 1. The number of halogens is 1. The number of carboxylic acid groups (broad SMARTS) is 1. The largest absolute Gasteiger partial charge is 0.527 e. The summed E-state index contributed by atoms with van der Waals surface area (Å²) in [7, 11) is -3.19. The Balaban J connectivity index is 3.00. The fourth-order valence-electron chi connectivity index (χ4n) is 0.869. The molecule has 0 spiro atoms. The second kappa shape index (κ2) is 4.84. The standard InChI is InChI=1S/C8H8ClO6P/c1-14-16(12,13)15-7-3-2-5(8(10)11)4-6(7)9/h2-4H,1H3,(H,10,11)(H,12,13). The highest BCUT2D eigenvalue weighted by atomic mass is 35.5. The maximum Gasteiger partial charge on any atom is 0.527 e. The molecule has 88 valence electrons. The number of carbonyl (C=O) groups is 1. The molecule has 0 aliphatic carbocycles. The van der Waals surface area contributed by atoms with Crippen molar-refractivity contribution in [3.05, 3.63) is 28.8 Å². The average Bonchev–Trinajstić information content (AvgIpc) is 2.20. The molecule has 16 heavy (non-hydrogen) atoms. The minimum atomic E-state index is -4.19. The number of hydrogen-bond donors (Lipinski definition) is 2. The van der Waals surface area contributed by atoms with Crippen molar-refractivity contribution in [1.82, 2.24) is 0 Å². The summed E-state index contributed by atoms with van der Waals surface area (Å²) in [5, 5.41) is 8.56. The van der Waals surface area contributed by atoms with E-state index in [-0.39, 0.29) is 16.3 Å². The van der Waals surface area contributed by atoms with Crippen molar-refractivity contribution >= 4 is 25.4 Å². The highest BCUT2D eigenvalue weighted by Gasteiger charge is 2.22. The maximum absolute atomic E-state index is 11.1. The lowest BCUT2D eigenvalue weighted by atomic mass is 10.2. The van der Waals surface area contributed by atoms with Crippen LogP contribution in [0.5, 0.6) is 5.75 Å². The Morgan fingerprint density at radius 1 is 1.50 bits per heavy atom. The molecule has 2 N–H and O–H groups in total. The van der Waals surface area contributed by atoms with Gasteiger partial charge in [-0.15, -0.1) is 0 Å². The van der Waals surface area contributed by atoms with E-state index in [1.165, 1.54) is 12.1 Å². The summed E-state index contributed by atoms with van der Waals surface area (Å²) in [6, 6.07) is 3.47. The molecule has 0 saturated heterocycles. The summed E-state index contributed by atoms with van der Waals surface area (Å²) in [6.07, 6.45) is 0. The Morgan fingerprint density at radius 2 is 2.12 bits per heavy atom. The van der Waals surface area contributed by atoms with Crippen LogP contribution < -0.4 is 4.52 Å². The minimum absolute atomic E-state index is 0.0532. The second-order valence-corrected chi connectivity index (χ2v) is 4.58. The minimum Gasteiger partial charge on any atom is -0.478 e. The first kappa shape index (κ1) is 13.0. The van der Waals surface area contributed by atoms with E-state index in [0.29, 0.717) is 0 Å². The van der Waals surface area contributed by atoms with Gasteiger partial charge in [0, 0.05) is 7.11 Å². The smallest absolute Gasteiger partial charge is 0.478 e. The Kier molecular flexibility index (Phi) is 3.93. The van der Waals surface area contributed by atoms with Gasteiger partial charge < -0.3 is 9.63 Å². The predicted octanol–water partition coefficient (Wildman–Crippen LogP) is 2.16. The number of aromatic carboxylic acids is 1. The molecule has 0 bridgehead atoms. The summed E-state index contributed by atoms with van der Waals surface area (Å²) < 4.78 is 19.8. The molecule has 0 aromatic heterocycles. The number of rotatable bonds is 4. The van der Waals surface area contributed by atoms with Crippen molar-refractivity contribution in [3.8, 4) is 5.75 Å². The topological polar surface area (TPSA) is 93.1 Å². The van der Waals surface area contributed by atoms with Crippen molar-refractivity contribution in [2.75, 3.05) is 7.11 Å². The highest BCUT2D eigenvalue weighted by Crippen LogP contribution is 2.44. The van der Waals surface area contributed by atoms with E-state index in [9.17, 15) is 9.36 Å². The molecule has 0 heterocycles. The van der Waals surface area contributed by atoms with E-state index in [1.807, 2.05) is 0 Å². The van der Waals surface area contributed by atoms with Crippen LogP contribution >= 0.6 is 19.4 Å². The molecule has 1 rings (SSSR count). The van der Waals surface area contributed by atoms with Gasteiger partial charge in [0.1, 0.15) is 5.75 Å². The van der Waals surface area contributed by atoms with Crippen LogP contribution in [-0.4, -0.2) is 23.1 Å². The van der Waals surface area contributed by atoms with Crippen LogP contribution in [0.3, 0.4) is 0 Å². The Morgan fingerprint density at radius 3 is 2.56 bits per heavy atom. The molecular weight excluding hydrogens is 259 g/mol. The third kappa shape index (κ3) is 3.21. The number of phosphoric ester groups is 1. The zero-order chi connectivity index (χ0) is 12.3. The van der Waals surface area contributed by atoms with Gasteiger partial charge in [0.15, 0.2) is 0 Å². The van der Waals surface area contributed by atoms with Crippen molar-refractivity contribution in [3.63, 3.8) is 0 Å². The van der Waals surface area contributed by atoms with Gasteiger partial charge in [-0.1, -0.05) is 11.6 Å². The fraction of sp³-hybridized carbons (Fsp3) is 0.125. The molecular formula is C8H8ClO6P. The van der Waals surface area contributed by atoms with E-state index in [2.05, 4.69) is 9.05 Å². The van der Waals surface area contributed by atoms with Crippen molar-refractivity contribution < 1.29 is 28.4 Å². The van der Waals surface area contributed by atoms with E-state index >= 15 is 0 Å². The third-order valence-electron chi connectivity index (χ3n) is 1.62. The molecule has 1 atom stereocenters. The molecule has 1 aromatic carbocycles. The van der Waals surface area contributed by atoms with E-state index < -0.39 is 13.8 Å². The molecule has 1 unspecified atom stereocenters. The predicted molar refractivity (Wildman–Crippen MR) is 55.9 cm³/mol. The van der Waals surface area contributed by atoms with Gasteiger partial charge >= 0.3 is 13.8 Å². The number of phosphoric acid groups is 1. The zero-order valence-electron chi connectivity index (χ0n) is 8.08. The molecule has 0 saturated carbocycles. The van der Waals surface area contributed by atoms with Crippen LogP contribution in [0.1, 0.15) is 10.4 Å². The number of hydrogen-bond acceptors (Lipinski definition) is 4. The average molecular weight is 267 g/mol.